The van der Waals surface area contributed by atoms with Crippen LogP contribution in [0.25, 0.3) is 0 Å². The Balaban J connectivity index is 1.95. The Bertz CT molecular complexity index is 508. The fraction of sp³-hybridized carbons (Fsp3) is 0.250. The summed E-state index contributed by atoms with van der Waals surface area (Å²) in [5.74, 6) is 0.878. The van der Waals surface area contributed by atoms with Crippen LogP contribution in [0.3, 0.4) is 0 Å². The maximum atomic E-state index is 8.99. The third-order valence-electron chi connectivity index (χ3n) is 2.85. The molecule has 0 aliphatic carbocycles. The minimum atomic E-state index is 0.0874. The van der Waals surface area contributed by atoms with Gasteiger partial charge in [-0.2, -0.15) is 0 Å². The molecule has 0 atom stereocenters. The molecule has 3 heteroatoms. The average molecular weight is 257 g/mol. The molecule has 0 fully saturated rings. The summed E-state index contributed by atoms with van der Waals surface area (Å²) >= 11 is 0. The van der Waals surface area contributed by atoms with Gasteiger partial charge in [0.2, 0.25) is 0 Å². The van der Waals surface area contributed by atoms with Crippen molar-refractivity contribution >= 4 is 5.69 Å². The van der Waals surface area contributed by atoms with Crippen LogP contribution in [-0.4, -0.2) is 11.7 Å². The van der Waals surface area contributed by atoms with Gasteiger partial charge in [-0.15, -0.1) is 0 Å². The van der Waals surface area contributed by atoms with Crippen LogP contribution in [-0.2, 0) is 13.2 Å². The summed E-state index contributed by atoms with van der Waals surface area (Å²) in [6, 6.07) is 15.8. The summed E-state index contributed by atoms with van der Waals surface area (Å²) in [6.45, 7) is 3.49. The van der Waals surface area contributed by atoms with Gasteiger partial charge in [-0.1, -0.05) is 30.3 Å². The number of anilines is 1. The van der Waals surface area contributed by atoms with Crippen LogP contribution in [0.2, 0.25) is 0 Å². The molecule has 3 nitrogen and oxygen atoms in total. The molecule has 0 spiro atoms. The predicted molar refractivity (Wildman–Crippen MR) is 77.3 cm³/mol. The highest BCUT2D eigenvalue weighted by Crippen LogP contribution is 2.18. The lowest BCUT2D eigenvalue weighted by Gasteiger charge is -2.09. The van der Waals surface area contributed by atoms with E-state index in [9.17, 15) is 0 Å². The zero-order chi connectivity index (χ0) is 13.5. The fourth-order valence-corrected chi connectivity index (χ4v) is 1.83. The topological polar surface area (TPSA) is 41.5 Å². The standard InChI is InChI=1S/C16H19NO2/c1-2-19-16-5-3-4-15(10-16)17-11-13-6-8-14(12-18)9-7-13/h3-10,17-18H,2,11-12H2,1H3. The van der Waals surface area contributed by atoms with Crippen LogP contribution in [0, 0.1) is 0 Å². The molecule has 2 N–H and O–H groups in total. The number of benzene rings is 2. The zero-order valence-corrected chi connectivity index (χ0v) is 11.1. The van der Waals surface area contributed by atoms with Gasteiger partial charge in [0.05, 0.1) is 13.2 Å². The van der Waals surface area contributed by atoms with Crippen molar-refractivity contribution in [2.24, 2.45) is 0 Å². The summed E-state index contributed by atoms with van der Waals surface area (Å²) in [7, 11) is 0. The molecule has 0 bridgehead atoms. The highest BCUT2D eigenvalue weighted by atomic mass is 16.5. The number of rotatable bonds is 6. The van der Waals surface area contributed by atoms with Gasteiger partial charge in [0.15, 0.2) is 0 Å². The van der Waals surface area contributed by atoms with E-state index in [1.165, 1.54) is 5.56 Å². The number of aliphatic hydroxyl groups excluding tert-OH is 1. The monoisotopic (exact) mass is 257 g/mol. The number of hydrogen-bond acceptors (Lipinski definition) is 3. The molecule has 2 aromatic rings. The smallest absolute Gasteiger partial charge is 0.121 e. The quantitative estimate of drug-likeness (QED) is 0.835. The minimum Gasteiger partial charge on any atom is -0.494 e. The first-order valence-electron chi connectivity index (χ1n) is 6.47. The van der Waals surface area contributed by atoms with Crippen LogP contribution < -0.4 is 10.1 Å². The van der Waals surface area contributed by atoms with Gasteiger partial charge in [-0.25, -0.2) is 0 Å². The summed E-state index contributed by atoms with van der Waals surface area (Å²) in [4.78, 5) is 0. The lowest BCUT2D eigenvalue weighted by atomic mass is 10.1. The molecule has 0 unspecified atom stereocenters. The summed E-state index contributed by atoms with van der Waals surface area (Å²) in [6.07, 6.45) is 0. The molecule has 0 aliphatic heterocycles. The van der Waals surface area contributed by atoms with Crippen molar-refractivity contribution in [3.63, 3.8) is 0 Å². The first-order valence-corrected chi connectivity index (χ1v) is 6.47. The molecular formula is C16H19NO2. The Labute approximate surface area is 113 Å². The Morgan fingerprint density at radius 3 is 2.47 bits per heavy atom. The van der Waals surface area contributed by atoms with Crippen molar-refractivity contribution in [1.29, 1.82) is 0 Å². The van der Waals surface area contributed by atoms with Gasteiger partial charge in [-0.05, 0) is 30.2 Å². The van der Waals surface area contributed by atoms with E-state index in [0.717, 1.165) is 23.5 Å². The zero-order valence-electron chi connectivity index (χ0n) is 11.1. The second-order valence-corrected chi connectivity index (χ2v) is 4.29. The van der Waals surface area contributed by atoms with E-state index in [1.807, 2.05) is 55.5 Å². The lowest BCUT2D eigenvalue weighted by molar-refractivity contribution is 0.282. The third-order valence-corrected chi connectivity index (χ3v) is 2.85. The van der Waals surface area contributed by atoms with E-state index < -0.39 is 0 Å². The second-order valence-electron chi connectivity index (χ2n) is 4.29. The Morgan fingerprint density at radius 2 is 1.79 bits per heavy atom. The van der Waals surface area contributed by atoms with Crippen LogP contribution in [0.1, 0.15) is 18.1 Å². The van der Waals surface area contributed by atoms with E-state index in [-0.39, 0.29) is 6.61 Å². The third kappa shape index (κ3) is 4.00. The number of ether oxygens (including phenoxy) is 1. The molecule has 0 heterocycles. The molecule has 100 valence electrons. The molecule has 2 rings (SSSR count). The van der Waals surface area contributed by atoms with Gasteiger partial charge in [0, 0.05) is 18.3 Å². The number of hydrogen-bond donors (Lipinski definition) is 2. The maximum absolute atomic E-state index is 8.99. The molecule has 0 saturated carbocycles. The first-order chi connectivity index (χ1) is 9.31. The normalized spacial score (nSPS) is 10.2. The largest absolute Gasteiger partial charge is 0.494 e. The highest BCUT2D eigenvalue weighted by molar-refractivity contribution is 5.48. The fourth-order valence-electron chi connectivity index (χ4n) is 1.83. The van der Waals surface area contributed by atoms with Gasteiger partial charge in [-0.3, -0.25) is 0 Å². The van der Waals surface area contributed by atoms with Crippen LogP contribution in [0.4, 0.5) is 5.69 Å². The molecule has 19 heavy (non-hydrogen) atoms. The SMILES string of the molecule is CCOc1cccc(NCc2ccc(CO)cc2)c1. The first kappa shape index (κ1) is 13.4. The molecule has 0 aromatic heterocycles. The van der Waals surface area contributed by atoms with Crippen molar-refractivity contribution in [2.45, 2.75) is 20.1 Å². The summed E-state index contributed by atoms with van der Waals surface area (Å²) < 4.78 is 5.46. The van der Waals surface area contributed by atoms with Gasteiger partial charge in [0.25, 0.3) is 0 Å². The Hall–Kier alpha value is -2.00. The van der Waals surface area contributed by atoms with Crippen LogP contribution in [0.5, 0.6) is 5.75 Å². The van der Waals surface area contributed by atoms with Crippen molar-refractivity contribution < 1.29 is 9.84 Å². The molecular weight excluding hydrogens is 238 g/mol. The molecule has 0 amide bonds. The van der Waals surface area contributed by atoms with Crippen molar-refractivity contribution in [3.05, 3.63) is 59.7 Å². The van der Waals surface area contributed by atoms with Gasteiger partial charge < -0.3 is 15.2 Å². The maximum Gasteiger partial charge on any atom is 0.121 e. The second kappa shape index (κ2) is 6.81. The number of aliphatic hydroxyl groups is 1. The van der Waals surface area contributed by atoms with E-state index in [2.05, 4.69) is 5.32 Å². The van der Waals surface area contributed by atoms with Crippen molar-refractivity contribution in [2.75, 3.05) is 11.9 Å². The Kier molecular flexibility index (Phi) is 4.81. The predicted octanol–water partition coefficient (Wildman–Crippen LogP) is 3.19. The molecule has 2 aromatic carbocycles. The molecule has 0 radical (unpaired) electrons. The van der Waals surface area contributed by atoms with E-state index in [4.69, 9.17) is 9.84 Å². The van der Waals surface area contributed by atoms with E-state index in [0.29, 0.717) is 6.61 Å². The van der Waals surface area contributed by atoms with Crippen molar-refractivity contribution in [1.82, 2.24) is 0 Å². The minimum absolute atomic E-state index is 0.0874. The van der Waals surface area contributed by atoms with Crippen molar-refractivity contribution in [3.8, 4) is 5.75 Å². The van der Waals surface area contributed by atoms with Crippen LogP contribution >= 0.6 is 0 Å². The highest BCUT2D eigenvalue weighted by Gasteiger charge is 1.97. The Morgan fingerprint density at radius 1 is 1.05 bits per heavy atom. The molecule has 0 aliphatic rings. The summed E-state index contributed by atoms with van der Waals surface area (Å²) in [5, 5.41) is 12.3. The van der Waals surface area contributed by atoms with E-state index in [1.54, 1.807) is 0 Å². The average Bonchev–Trinajstić information content (AvgIpc) is 2.46. The summed E-state index contributed by atoms with van der Waals surface area (Å²) in [5.41, 5.74) is 3.15. The molecule has 0 saturated heterocycles. The van der Waals surface area contributed by atoms with Crippen LogP contribution in [0.15, 0.2) is 48.5 Å². The van der Waals surface area contributed by atoms with E-state index >= 15 is 0 Å². The van der Waals surface area contributed by atoms with Gasteiger partial charge >= 0.3 is 0 Å². The van der Waals surface area contributed by atoms with Gasteiger partial charge in [0.1, 0.15) is 5.75 Å². The number of nitrogens with one attached hydrogen (secondary N) is 1. The lowest BCUT2D eigenvalue weighted by Crippen LogP contribution is -2.00.